The first-order valence-corrected chi connectivity index (χ1v) is 7.15. The molecule has 2 aliphatic heterocycles. The fourth-order valence-corrected chi connectivity index (χ4v) is 3.34. The van der Waals surface area contributed by atoms with Crippen LogP contribution < -0.4 is 5.32 Å². The van der Waals surface area contributed by atoms with Gasteiger partial charge in [-0.25, -0.2) is 0 Å². The molecule has 1 N–H and O–H groups in total. The molecule has 0 amide bonds. The zero-order valence-electron chi connectivity index (χ0n) is 11.6. The van der Waals surface area contributed by atoms with Crippen molar-refractivity contribution in [1.82, 2.24) is 10.2 Å². The minimum atomic E-state index is 0.520. The minimum Gasteiger partial charge on any atom is -0.308 e. The summed E-state index contributed by atoms with van der Waals surface area (Å²) in [6.07, 6.45) is 2.53. The molecule has 0 spiro atoms. The molecule has 2 aliphatic rings. The van der Waals surface area contributed by atoms with E-state index in [1.54, 1.807) is 5.56 Å². The van der Waals surface area contributed by atoms with Gasteiger partial charge < -0.3 is 10.2 Å². The van der Waals surface area contributed by atoms with E-state index in [9.17, 15) is 0 Å². The summed E-state index contributed by atoms with van der Waals surface area (Å²) in [6, 6.07) is 9.48. The molecule has 2 nitrogen and oxygen atoms in total. The topological polar surface area (TPSA) is 15.3 Å². The van der Waals surface area contributed by atoms with E-state index in [0.29, 0.717) is 11.5 Å². The van der Waals surface area contributed by atoms with Crippen LogP contribution in [0.15, 0.2) is 24.3 Å². The van der Waals surface area contributed by atoms with Gasteiger partial charge in [0, 0.05) is 25.7 Å². The van der Waals surface area contributed by atoms with Crippen molar-refractivity contribution < 1.29 is 0 Å². The molecule has 2 heterocycles. The summed E-state index contributed by atoms with van der Waals surface area (Å²) in [7, 11) is 0. The van der Waals surface area contributed by atoms with Crippen molar-refractivity contribution in [2.45, 2.75) is 39.3 Å². The van der Waals surface area contributed by atoms with Crippen molar-refractivity contribution >= 4 is 0 Å². The van der Waals surface area contributed by atoms with E-state index in [1.807, 2.05) is 0 Å². The highest BCUT2D eigenvalue weighted by atomic mass is 15.2. The van der Waals surface area contributed by atoms with Crippen molar-refractivity contribution in [2.75, 3.05) is 19.6 Å². The van der Waals surface area contributed by atoms with E-state index in [2.05, 4.69) is 48.3 Å². The highest BCUT2D eigenvalue weighted by Gasteiger charge is 2.30. The Bertz CT molecular complexity index is 425. The molecular weight excluding hydrogens is 220 g/mol. The van der Waals surface area contributed by atoms with Crippen molar-refractivity contribution in [1.29, 1.82) is 0 Å². The lowest BCUT2D eigenvalue weighted by Crippen LogP contribution is -2.44. The van der Waals surface area contributed by atoms with Gasteiger partial charge in [0.15, 0.2) is 0 Å². The standard InChI is InChI=1S/C16H24N2/c1-16(2)7-8-18(12-16)11-15-9-13-5-3-4-6-14(13)10-17-15/h3-6,15,17H,7-12H2,1-2H3/t15-/m0/s1. The van der Waals surface area contributed by atoms with Gasteiger partial charge in [-0.1, -0.05) is 38.1 Å². The van der Waals surface area contributed by atoms with E-state index in [1.165, 1.54) is 38.0 Å². The molecule has 0 aliphatic carbocycles. The van der Waals surface area contributed by atoms with Gasteiger partial charge in [-0.05, 0) is 35.9 Å². The Morgan fingerprint density at radius 2 is 2.06 bits per heavy atom. The van der Waals surface area contributed by atoms with Gasteiger partial charge in [0.2, 0.25) is 0 Å². The number of nitrogens with zero attached hydrogens (tertiary/aromatic N) is 1. The number of benzene rings is 1. The summed E-state index contributed by atoms with van der Waals surface area (Å²) in [6.45, 7) is 9.54. The quantitative estimate of drug-likeness (QED) is 0.859. The maximum atomic E-state index is 3.69. The third-order valence-corrected chi connectivity index (χ3v) is 4.40. The third kappa shape index (κ3) is 2.60. The van der Waals surface area contributed by atoms with Gasteiger partial charge in [0.25, 0.3) is 0 Å². The van der Waals surface area contributed by atoms with Crippen LogP contribution in [0.3, 0.4) is 0 Å². The zero-order chi connectivity index (χ0) is 12.6. The van der Waals surface area contributed by atoms with E-state index in [4.69, 9.17) is 0 Å². The molecule has 1 aromatic carbocycles. The molecule has 0 radical (unpaired) electrons. The molecule has 1 aromatic rings. The lowest BCUT2D eigenvalue weighted by molar-refractivity contribution is 0.254. The molecule has 1 saturated heterocycles. The number of nitrogens with one attached hydrogen (secondary N) is 1. The first-order valence-electron chi connectivity index (χ1n) is 7.15. The van der Waals surface area contributed by atoms with E-state index in [-0.39, 0.29) is 0 Å². The summed E-state index contributed by atoms with van der Waals surface area (Å²) in [5.74, 6) is 0. The van der Waals surface area contributed by atoms with Crippen molar-refractivity contribution in [3.8, 4) is 0 Å². The predicted octanol–water partition coefficient (Wildman–Crippen LogP) is 2.43. The summed E-state index contributed by atoms with van der Waals surface area (Å²) in [5, 5.41) is 3.69. The highest BCUT2D eigenvalue weighted by Crippen LogP contribution is 2.29. The molecule has 2 heteroatoms. The fraction of sp³-hybridized carbons (Fsp3) is 0.625. The minimum absolute atomic E-state index is 0.520. The van der Waals surface area contributed by atoms with E-state index < -0.39 is 0 Å². The normalized spacial score (nSPS) is 27.1. The van der Waals surface area contributed by atoms with Gasteiger partial charge >= 0.3 is 0 Å². The first-order chi connectivity index (χ1) is 8.62. The van der Waals surface area contributed by atoms with Gasteiger partial charge in [-0.3, -0.25) is 0 Å². The first kappa shape index (κ1) is 12.2. The second kappa shape index (κ2) is 4.67. The van der Waals surface area contributed by atoms with Crippen molar-refractivity contribution in [2.24, 2.45) is 5.41 Å². The fourth-order valence-electron chi connectivity index (χ4n) is 3.34. The van der Waals surface area contributed by atoms with Crippen molar-refractivity contribution in [3.63, 3.8) is 0 Å². The van der Waals surface area contributed by atoms with Crippen LogP contribution >= 0.6 is 0 Å². The number of hydrogen-bond acceptors (Lipinski definition) is 2. The van der Waals surface area contributed by atoms with E-state index >= 15 is 0 Å². The van der Waals surface area contributed by atoms with Gasteiger partial charge in [-0.2, -0.15) is 0 Å². The van der Waals surface area contributed by atoms with E-state index in [0.717, 1.165) is 6.54 Å². The predicted molar refractivity (Wildman–Crippen MR) is 75.6 cm³/mol. The van der Waals surface area contributed by atoms with Crippen LogP contribution in [0, 0.1) is 5.41 Å². The smallest absolute Gasteiger partial charge is 0.0238 e. The lowest BCUT2D eigenvalue weighted by Gasteiger charge is -2.30. The molecule has 0 aromatic heterocycles. The maximum absolute atomic E-state index is 3.69. The molecule has 3 rings (SSSR count). The average Bonchev–Trinajstić information content (AvgIpc) is 2.68. The van der Waals surface area contributed by atoms with Crippen LogP contribution in [0.5, 0.6) is 0 Å². The summed E-state index contributed by atoms with van der Waals surface area (Å²) >= 11 is 0. The number of hydrogen-bond donors (Lipinski definition) is 1. The zero-order valence-corrected chi connectivity index (χ0v) is 11.6. The van der Waals surface area contributed by atoms with Crippen LogP contribution in [0.25, 0.3) is 0 Å². The molecule has 98 valence electrons. The SMILES string of the molecule is CC1(C)CCN(C[C@@H]2Cc3ccccc3CN2)C1. The maximum Gasteiger partial charge on any atom is 0.0238 e. The van der Waals surface area contributed by atoms with Gasteiger partial charge in [0.1, 0.15) is 0 Å². The Kier molecular flexibility index (Phi) is 3.16. The van der Waals surface area contributed by atoms with Crippen LogP contribution in [0.4, 0.5) is 0 Å². The molecular formula is C16H24N2. The number of rotatable bonds is 2. The largest absolute Gasteiger partial charge is 0.308 e. The second-order valence-electron chi connectivity index (χ2n) is 6.70. The van der Waals surface area contributed by atoms with Gasteiger partial charge in [-0.15, -0.1) is 0 Å². The van der Waals surface area contributed by atoms with Crippen LogP contribution in [0.2, 0.25) is 0 Å². The second-order valence-corrected chi connectivity index (χ2v) is 6.70. The van der Waals surface area contributed by atoms with Crippen molar-refractivity contribution in [3.05, 3.63) is 35.4 Å². The Balaban J connectivity index is 1.60. The Morgan fingerprint density at radius 3 is 2.78 bits per heavy atom. The Hall–Kier alpha value is -0.860. The molecule has 0 unspecified atom stereocenters. The Morgan fingerprint density at radius 1 is 1.28 bits per heavy atom. The summed E-state index contributed by atoms with van der Waals surface area (Å²) < 4.78 is 0. The summed E-state index contributed by atoms with van der Waals surface area (Å²) in [5.41, 5.74) is 3.54. The van der Waals surface area contributed by atoms with Gasteiger partial charge in [0.05, 0.1) is 0 Å². The number of fused-ring (bicyclic) bond motifs is 1. The molecule has 1 fully saturated rings. The molecule has 0 bridgehead atoms. The highest BCUT2D eigenvalue weighted by molar-refractivity contribution is 5.29. The van der Waals surface area contributed by atoms with Crippen LogP contribution in [0.1, 0.15) is 31.4 Å². The molecule has 18 heavy (non-hydrogen) atoms. The number of likely N-dealkylation sites (tertiary alicyclic amines) is 1. The molecule has 1 atom stereocenters. The molecule has 0 saturated carbocycles. The van der Waals surface area contributed by atoms with Crippen LogP contribution in [-0.4, -0.2) is 30.6 Å². The van der Waals surface area contributed by atoms with Crippen LogP contribution in [-0.2, 0) is 13.0 Å². The lowest BCUT2D eigenvalue weighted by atomic mass is 9.93. The third-order valence-electron chi connectivity index (χ3n) is 4.40. The Labute approximate surface area is 110 Å². The monoisotopic (exact) mass is 244 g/mol. The summed E-state index contributed by atoms with van der Waals surface area (Å²) in [4.78, 5) is 2.63. The average molecular weight is 244 g/mol.